The van der Waals surface area contributed by atoms with Crippen LogP contribution in [0.3, 0.4) is 0 Å². The van der Waals surface area contributed by atoms with Crippen LogP contribution in [-0.2, 0) is 4.79 Å². The predicted molar refractivity (Wildman–Crippen MR) is 77.6 cm³/mol. The maximum atomic E-state index is 12.0. The van der Waals surface area contributed by atoms with Crippen molar-refractivity contribution in [2.45, 2.75) is 0 Å². The van der Waals surface area contributed by atoms with Crippen LogP contribution in [0.25, 0.3) is 6.08 Å². The van der Waals surface area contributed by atoms with Crippen molar-refractivity contribution in [1.82, 2.24) is 5.32 Å². The smallest absolute Gasteiger partial charge is 0.352 e. The lowest BCUT2D eigenvalue weighted by atomic mass is 10.1. The lowest BCUT2D eigenvalue weighted by Crippen LogP contribution is -2.27. The molecule has 0 bridgehead atoms. The molecule has 0 fully saturated rings. The number of phenolic OH excluding ortho intramolecular Hbond substituents is 1. The number of hydrogen-bond donors (Lipinski definition) is 3. The number of aromatic hydroxyl groups is 1. The molecule has 0 saturated carbocycles. The molecule has 0 heterocycles. The van der Waals surface area contributed by atoms with E-state index < -0.39 is 11.9 Å². The Balaban J connectivity index is 2.24. The molecule has 0 aliphatic carbocycles. The second-order valence-electron chi connectivity index (χ2n) is 4.28. The van der Waals surface area contributed by atoms with E-state index in [1.54, 1.807) is 42.5 Å². The molecule has 5 heteroatoms. The summed E-state index contributed by atoms with van der Waals surface area (Å²) in [5.41, 5.74) is 0.566. The number of benzene rings is 2. The summed E-state index contributed by atoms with van der Waals surface area (Å²) in [6.07, 6.45) is 1.28. The SMILES string of the molecule is O=C(O)/C(=C\c1cccc(O)c1)NC(=O)c1ccccc1. The minimum absolute atomic E-state index is 0.0166. The highest BCUT2D eigenvalue weighted by Gasteiger charge is 2.13. The zero-order valence-electron chi connectivity index (χ0n) is 11.0. The van der Waals surface area contributed by atoms with Crippen LogP contribution in [-0.4, -0.2) is 22.1 Å². The lowest BCUT2D eigenvalue weighted by molar-refractivity contribution is -0.132. The number of amides is 1. The normalized spacial score (nSPS) is 11.0. The van der Waals surface area contributed by atoms with Crippen LogP contribution < -0.4 is 5.32 Å². The van der Waals surface area contributed by atoms with Gasteiger partial charge < -0.3 is 15.5 Å². The Bertz CT molecular complexity index is 692. The van der Waals surface area contributed by atoms with E-state index in [0.29, 0.717) is 11.1 Å². The lowest BCUT2D eigenvalue weighted by Gasteiger charge is -2.06. The molecule has 0 saturated heterocycles. The highest BCUT2D eigenvalue weighted by Crippen LogP contribution is 2.13. The van der Waals surface area contributed by atoms with E-state index in [9.17, 15) is 14.7 Å². The van der Waals surface area contributed by atoms with E-state index in [-0.39, 0.29) is 11.4 Å². The van der Waals surface area contributed by atoms with Crippen molar-refractivity contribution in [2.24, 2.45) is 0 Å². The first-order chi connectivity index (χ1) is 10.1. The highest BCUT2D eigenvalue weighted by atomic mass is 16.4. The van der Waals surface area contributed by atoms with Gasteiger partial charge >= 0.3 is 5.97 Å². The number of carboxylic acid groups (broad SMARTS) is 1. The minimum atomic E-state index is -1.26. The molecule has 2 aromatic carbocycles. The molecule has 21 heavy (non-hydrogen) atoms. The Labute approximate surface area is 121 Å². The molecule has 5 nitrogen and oxygen atoms in total. The van der Waals surface area contributed by atoms with E-state index in [1.165, 1.54) is 18.2 Å². The Hall–Kier alpha value is -3.08. The summed E-state index contributed by atoms with van der Waals surface area (Å²) in [6, 6.07) is 14.4. The number of carbonyl (C=O) groups excluding carboxylic acids is 1. The fourth-order valence-corrected chi connectivity index (χ4v) is 1.72. The first-order valence-corrected chi connectivity index (χ1v) is 6.16. The molecule has 2 aromatic rings. The van der Waals surface area contributed by atoms with Crippen LogP contribution in [0.1, 0.15) is 15.9 Å². The first-order valence-electron chi connectivity index (χ1n) is 6.16. The van der Waals surface area contributed by atoms with E-state index in [4.69, 9.17) is 5.11 Å². The van der Waals surface area contributed by atoms with Crippen molar-refractivity contribution in [3.8, 4) is 5.75 Å². The summed E-state index contributed by atoms with van der Waals surface area (Å²) in [5, 5.41) is 20.9. The highest BCUT2D eigenvalue weighted by molar-refractivity contribution is 6.02. The van der Waals surface area contributed by atoms with Gasteiger partial charge in [-0.15, -0.1) is 0 Å². The molecule has 0 aliphatic heterocycles. The van der Waals surface area contributed by atoms with Gasteiger partial charge in [0.25, 0.3) is 5.91 Å². The molecule has 0 aliphatic rings. The molecule has 3 N–H and O–H groups in total. The third kappa shape index (κ3) is 3.94. The summed E-state index contributed by atoms with van der Waals surface area (Å²) in [5.74, 6) is -1.75. The molecule has 0 atom stereocenters. The van der Waals surface area contributed by atoms with E-state index in [2.05, 4.69) is 5.32 Å². The van der Waals surface area contributed by atoms with Crippen LogP contribution in [0, 0.1) is 0 Å². The summed E-state index contributed by atoms with van der Waals surface area (Å²) in [7, 11) is 0. The average Bonchev–Trinajstić information content (AvgIpc) is 2.47. The van der Waals surface area contributed by atoms with Gasteiger partial charge in [0.2, 0.25) is 0 Å². The van der Waals surface area contributed by atoms with Crippen molar-refractivity contribution in [3.05, 3.63) is 71.4 Å². The van der Waals surface area contributed by atoms with Gasteiger partial charge in [0, 0.05) is 5.56 Å². The van der Waals surface area contributed by atoms with Gasteiger partial charge in [0.15, 0.2) is 0 Å². The molecule has 2 rings (SSSR count). The van der Waals surface area contributed by atoms with Crippen molar-refractivity contribution >= 4 is 18.0 Å². The van der Waals surface area contributed by atoms with Gasteiger partial charge in [-0.3, -0.25) is 4.79 Å². The number of nitrogens with one attached hydrogen (secondary N) is 1. The second-order valence-corrected chi connectivity index (χ2v) is 4.28. The number of hydrogen-bond acceptors (Lipinski definition) is 3. The van der Waals surface area contributed by atoms with Gasteiger partial charge in [-0.2, -0.15) is 0 Å². The zero-order chi connectivity index (χ0) is 15.2. The standard InChI is InChI=1S/C16H13NO4/c18-13-8-4-5-11(9-13)10-14(16(20)21)17-15(19)12-6-2-1-3-7-12/h1-10,18H,(H,17,19)(H,20,21)/b14-10+. The van der Waals surface area contributed by atoms with Crippen LogP contribution in [0.5, 0.6) is 5.75 Å². The van der Waals surface area contributed by atoms with Crippen molar-refractivity contribution in [3.63, 3.8) is 0 Å². The minimum Gasteiger partial charge on any atom is -0.508 e. The van der Waals surface area contributed by atoms with E-state index in [0.717, 1.165) is 0 Å². The molecular formula is C16H13NO4. The first kappa shape index (κ1) is 14.3. The fraction of sp³-hybridized carbons (Fsp3) is 0. The summed E-state index contributed by atoms with van der Waals surface area (Å²) in [6.45, 7) is 0. The molecule has 106 valence electrons. The molecular weight excluding hydrogens is 270 g/mol. The Morgan fingerprint density at radius 1 is 1.00 bits per heavy atom. The monoisotopic (exact) mass is 283 g/mol. The molecule has 0 aromatic heterocycles. The largest absolute Gasteiger partial charge is 0.508 e. The molecule has 0 spiro atoms. The molecule has 0 unspecified atom stereocenters. The predicted octanol–water partition coefficient (Wildman–Crippen LogP) is 2.25. The third-order valence-electron chi connectivity index (χ3n) is 2.70. The Morgan fingerprint density at radius 3 is 2.33 bits per heavy atom. The number of rotatable bonds is 4. The van der Waals surface area contributed by atoms with Crippen molar-refractivity contribution < 1.29 is 19.8 Å². The topological polar surface area (TPSA) is 86.6 Å². The number of carboxylic acids is 1. The molecule has 1 amide bonds. The number of aliphatic carboxylic acids is 1. The number of carbonyl (C=O) groups is 2. The Kier molecular flexibility index (Phi) is 4.36. The second kappa shape index (κ2) is 6.38. The van der Waals surface area contributed by atoms with Gasteiger partial charge in [-0.1, -0.05) is 30.3 Å². The van der Waals surface area contributed by atoms with Crippen LogP contribution in [0.15, 0.2) is 60.3 Å². The van der Waals surface area contributed by atoms with Crippen LogP contribution in [0.2, 0.25) is 0 Å². The van der Waals surface area contributed by atoms with Crippen molar-refractivity contribution in [1.29, 1.82) is 0 Å². The fourth-order valence-electron chi connectivity index (χ4n) is 1.72. The van der Waals surface area contributed by atoms with Crippen LogP contribution >= 0.6 is 0 Å². The molecule has 0 radical (unpaired) electrons. The quantitative estimate of drug-likeness (QED) is 0.751. The number of phenols is 1. The third-order valence-corrected chi connectivity index (χ3v) is 2.70. The maximum Gasteiger partial charge on any atom is 0.352 e. The van der Waals surface area contributed by atoms with Gasteiger partial charge in [0.05, 0.1) is 0 Å². The summed E-state index contributed by atoms with van der Waals surface area (Å²) >= 11 is 0. The summed E-state index contributed by atoms with van der Waals surface area (Å²) in [4.78, 5) is 23.2. The Morgan fingerprint density at radius 2 is 1.71 bits per heavy atom. The van der Waals surface area contributed by atoms with Crippen LogP contribution in [0.4, 0.5) is 0 Å². The van der Waals surface area contributed by atoms with Crippen molar-refractivity contribution in [2.75, 3.05) is 0 Å². The zero-order valence-corrected chi connectivity index (χ0v) is 11.0. The van der Waals surface area contributed by atoms with Gasteiger partial charge in [-0.05, 0) is 35.9 Å². The van der Waals surface area contributed by atoms with Gasteiger partial charge in [0.1, 0.15) is 11.4 Å². The van der Waals surface area contributed by atoms with Gasteiger partial charge in [-0.25, -0.2) is 4.79 Å². The van der Waals surface area contributed by atoms with E-state index >= 15 is 0 Å². The summed E-state index contributed by atoms with van der Waals surface area (Å²) < 4.78 is 0. The van der Waals surface area contributed by atoms with E-state index in [1.807, 2.05) is 0 Å². The average molecular weight is 283 g/mol. The maximum absolute atomic E-state index is 12.0.